The fourth-order valence-electron chi connectivity index (χ4n) is 2.43. The molecule has 0 fully saturated rings. The molecule has 0 atom stereocenters. The molecule has 25 heavy (non-hydrogen) atoms. The Bertz CT molecular complexity index is 860. The van der Waals surface area contributed by atoms with Crippen molar-refractivity contribution >= 4 is 34.1 Å². The maximum absolute atomic E-state index is 12.6. The molecule has 0 aliphatic heterocycles. The van der Waals surface area contributed by atoms with E-state index in [0.29, 0.717) is 6.42 Å². The quantitative estimate of drug-likeness (QED) is 0.624. The summed E-state index contributed by atoms with van der Waals surface area (Å²) in [6.07, 6.45) is 4.15. The van der Waals surface area contributed by atoms with E-state index in [0.717, 1.165) is 31.9 Å². The minimum Gasteiger partial charge on any atom is -0.291 e. The van der Waals surface area contributed by atoms with Crippen molar-refractivity contribution in [2.75, 3.05) is 18.2 Å². The van der Waals surface area contributed by atoms with Crippen LogP contribution in [0.25, 0.3) is 11.3 Å². The number of thioether (sulfide) groups is 1. The van der Waals surface area contributed by atoms with Gasteiger partial charge in [0.15, 0.2) is 5.13 Å². The first kappa shape index (κ1) is 17.6. The molecule has 6 heteroatoms. The second kappa shape index (κ2) is 7.80. The summed E-state index contributed by atoms with van der Waals surface area (Å²) < 4.78 is 1.15. The lowest BCUT2D eigenvalue weighted by Gasteiger charge is -2.13. The number of likely N-dealkylation sites (N-methyl/N-ethyl adjacent to an activating group) is 1. The van der Waals surface area contributed by atoms with E-state index in [9.17, 15) is 4.79 Å². The van der Waals surface area contributed by atoms with E-state index < -0.39 is 0 Å². The molecule has 4 nitrogen and oxygen atoms in total. The Labute approximate surface area is 155 Å². The Kier molecular flexibility index (Phi) is 5.50. The maximum atomic E-state index is 12.6. The number of anilines is 1. The van der Waals surface area contributed by atoms with Gasteiger partial charge in [-0.15, -0.1) is 11.8 Å². The van der Waals surface area contributed by atoms with E-state index in [1.165, 1.54) is 0 Å². The lowest BCUT2D eigenvalue weighted by molar-refractivity contribution is -0.117. The standard InChI is InChI=1S/C19H19N3OS2/c1-13-18(24-3)25-19(21-13)22(2)17(23)12-14-7-9-15(10-8-14)16-6-4-5-11-20-16/h4-11H,12H2,1-3H3. The first-order valence-corrected chi connectivity index (χ1v) is 9.91. The number of hydrogen-bond donors (Lipinski definition) is 0. The molecule has 1 amide bonds. The van der Waals surface area contributed by atoms with Crippen LogP contribution in [0.15, 0.2) is 52.9 Å². The van der Waals surface area contributed by atoms with E-state index in [-0.39, 0.29) is 5.91 Å². The van der Waals surface area contributed by atoms with Crippen LogP contribution in [0.3, 0.4) is 0 Å². The van der Waals surface area contributed by atoms with Crippen LogP contribution in [-0.2, 0) is 11.2 Å². The molecule has 0 spiro atoms. The van der Waals surface area contributed by atoms with Crippen molar-refractivity contribution in [3.63, 3.8) is 0 Å². The summed E-state index contributed by atoms with van der Waals surface area (Å²) in [6.45, 7) is 1.97. The summed E-state index contributed by atoms with van der Waals surface area (Å²) in [5, 5.41) is 0.747. The fraction of sp³-hybridized carbons (Fsp3) is 0.211. The Morgan fingerprint density at radius 3 is 2.56 bits per heavy atom. The van der Waals surface area contributed by atoms with Crippen LogP contribution in [0.4, 0.5) is 5.13 Å². The number of thiazole rings is 1. The highest BCUT2D eigenvalue weighted by Crippen LogP contribution is 2.32. The summed E-state index contributed by atoms with van der Waals surface area (Å²) in [7, 11) is 1.78. The van der Waals surface area contributed by atoms with Crippen molar-refractivity contribution < 1.29 is 4.79 Å². The van der Waals surface area contributed by atoms with Crippen LogP contribution in [0, 0.1) is 6.92 Å². The number of carbonyl (C=O) groups is 1. The largest absolute Gasteiger partial charge is 0.291 e. The predicted octanol–water partition coefficient (Wildman–Crippen LogP) is 4.44. The first-order chi connectivity index (χ1) is 12.1. The third-order valence-electron chi connectivity index (χ3n) is 3.86. The number of aryl methyl sites for hydroxylation is 1. The van der Waals surface area contributed by atoms with Crippen molar-refractivity contribution in [2.24, 2.45) is 0 Å². The molecule has 1 aromatic carbocycles. The third kappa shape index (κ3) is 4.08. The SMILES string of the molecule is CSc1sc(N(C)C(=O)Cc2ccc(-c3ccccn3)cc2)nc1C. The van der Waals surface area contributed by atoms with Gasteiger partial charge in [0.05, 0.1) is 22.0 Å². The van der Waals surface area contributed by atoms with Crippen molar-refractivity contribution in [1.82, 2.24) is 9.97 Å². The zero-order valence-corrected chi connectivity index (χ0v) is 16.0. The molecule has 0 saturated heterocycles. The molecule has 0 bridgehead atoms. The second-order valence-electron chi connectivity index (χ2n) is 5.61. The van der Waals surface area contributed by atoms with E-state index in [1.807, 2.05) is 55.6 Å². The van der Waals surface area contributed by atoms with Gasteiger partial charge in [0.2, 0.25) is 5.91 Å². The molecule has 3 aromatic rings. The van der Waals surface area contributed by atoms with Crippen molar-refractivity contribution in [1.29, 1.82) is 0 Å². The highest BCUT2D eigenvalue weighted by molar-refractivity contribution is 8.00. The highest BCUT2D eigenvalue weighted by Gasteiger charge is 2.17. The van der Waals surface area contributed by atoms with Gasteiger partial charge in [0.25, 0.3) is 0 Å². The third-order valence-corrected chi connectivity index (χ3v) is 6.30. The van der Waals surface area contributed by atoms with Gasteiger partial charge < -0.3 is 0 Å². The zero-order chi connectivity index (χ0) is 17.8. The molecule has 128 valence electrons. The average molecular weight is 370 g/mol. The van der Waals surface area contributed by atoms with Crippen LogP contribution in [0.1, 0.15) is 11.3 Å². The Morgan fingerprint density at radius 1 is 1.20 bits per heavy atom. The minimum atomic E-state index is 0.0342. The number of rotatable bonds is 5. The van der Waals surface area contributed by atoms with E-state index >= 15 is 0 Å². The van der Waals surface area contributed by atoms with Crippen LogP contribution < -0.4 is 4.90 Å². The number of hydrogen-bond acceptors (Lipinski definition) is 5. The number of benzene rings is 1. The summed E-state index contributed by atoms with van der Waals surface area (Å²) in [6, 6.07) is 13.8. The summed E-state index contributed by atoms with van der Waals surface area (Å²) in [4.78, 5) is 23.0. The summed E-state index contributed by atoms with van der Waals surface area (Å²) in [5.74, 6) is 0.0342. The molecule has 0 aliphatic rings. The van der Waals surface area contributed by atoms with Gasteiger partial charge in [-0.1, -0.05) is 41.7 Å². The molecule has 3 rings (SSSR count). The van der Waals surface area contributed by atoms with Crippen molar-refractivity contribution in [2.45, 2.75) is 17.6 Å². The average Bonchev–Trinajstić information content (AvgIpc) is 3.03. The molecule has 0 radical (unpaired) electrons. The van der Waals surface area contributed by atoms with E-state index in [1.54, 1.807) is 41.2 Å². The Balaban J connectivity index is 1.70. The first-order valence-electron chi connectivity index (χ1n) is 7.87. The van der Waals surface area contributed by atoms with Gasteiger partial charge >= 0.3 is 0 Å². The van der Waals surface area contributed by atoms with Crippen LogP contribution >= 0.6 is 23.1 Å². The van der Waals surface area contributed by atoms with Gasteiger partial charge in [0.1, 0.15) is 0 Å². The van der Waals surface area contributed by atoms with E-state index in [2.05, 4.69) is 9.97 Å². The second-order valence-corrected chi connectivity index (χ2v) is 7.67. The lowest BCUT2D eigenvalue weighted by atomic mass is 10.1. The molecule has 0 aliphatic carbocycles. The van der Waals surface area contributed by atoms with Gasteiger partial charge in [-0.2, -0.15) is 0 Å². The number of pyridine rings is 1. The van der Waals surface area contributed by atoms with Gasteiger partial charge in [0, 0.05) is 18.8 Å². The van der Waals surface area contributed by atoms with Crippen LogP contribution in [0.5, 0.6) is 0 Å². The van der Waals surface area contributed by atoms with Gasteiger partial charge in [-0.3, -0.25) is 14.7 Å². The van der Waals surface area contributed by atoms with Crippen LogP contribution in [-0.4, -0.2) is 29.2 Å². The normalized spacial score (nSPS) is 10.7. The summed E-state index contributed by atoms with van der Waals surface area (Å²) >= 11 is 3.22. The minimum absolute atomic E-state index is 0.0342. The molecular formula is C19H19N3OS2. The number of carbonyl (C=O) groups excluding carboxylic acids is 1. The maximum Gasteiger partial charge on any atom is 0.232 e. The monoisotopic (exact) mass is 369 g/mol. The zero-order valence-electron chi connectivity index (χ0n) is 14.4. The Hall–Kier alpha value is -2.18. The molecule has 2 aromatic heterocycles. The molecule has 0 N–H and O–H groups in total. The van der Waals surface area contributed by atoms with Gasteiger partial charge in [-0.05, 0) is 30.9 Å². The topological polar surface area (TPSA) is 46.1 Å². The highest BCUT2D eigenvalue weighted by atomic mass is 32.2. The lowest BCUT2D eigenvalue weighted by Crippen LogP contribution is -2.27. The van der Waals surface area contributed by atoms with E-state index in [4.69, 9.17) is 0 Å². The molecule has 0 unspecified atom stereocenters. The number of nitrogens with zero attached hydrogens (tertiary/aromatic N) is 3. The summed E-state index contributed by atoms with van der Waals surface area (Å²) in [5.41, 5.74) is 3.94. The number of aromatic nitrogens is 2. The Morgan fingerprint density at radius 2 is 1.96 bits per heavy atom. The fourth-order valence-corrected chi connectivity index (χ4v) is 4.11. The van der Waals surface area contributed by atoms with Crippen molar-refractivity contribution in [3.8, 4) is 11.3 Å². The molecular weight excluding hydrogens is 350 g/mol. The van der Waals surface area contributed by atoms with Crippen molar-refractivity contribution in [3.05, 3.63) is 59.9 Å². The van der Waals surface area contributed by atoms with Crippen LogP contribution in [0.2, 0.25) is 0 Å². The molecule has 2 heterocycles. The smallest absolute Gasteiger partial charge is 0.232 e. The van der Waals surface area contributed by atoms with Gasteiger partial charge in [-0.25, -0.2) is 4.98 Å². The predicted molar refractivity (Wildman–Crippen MR) is 105 cm³/mol. The number of amides is 1. The molecule has 0 saturated carbocycles.